The molecule has 6 aromatic rings. The van der Waals surface area contributed by atoms with Crippen molar-refractivity contribution in [3.05, 3.63) is 80.6 Å². The second kappa shape index (κ2) is 19.4. The molecule has 19 nitrogen and oxygen atoms in total. The zero-order chi connectivity index (χ0) is 44.9. The minimum atomic E-state index is -1.18. The van der Waals surface area contributed by atoms with Gasteiger partial charge < -0.3 is 50.3 Å². The van der Waals surface area contributed by atoms with E-state index in [1.165, 1.54) is 18.4 Å². The molecular weight excluding hydrogens is 827 g/mol. The maximum absolute atomic E-state index is 13.9. The molecule has 1 saturated heterocycles. The van der Waals surface area contributed by atoms with Gasteiger partial charge in [0, 0.05) is 63.5 Å². The zero-order valence-corrected chi connectivity index (χ0v) is 37.3. The summed E-state index contributed by atoms with van der Waals surface area (Å²) in [5.41, 5.74) is 15.8. The lowest BCUT2D eigenvalue weighted by molar-refractivity contribution is 0.0991. The van der Waals surface area contributed by atoms with Crippen LogP contribution < -0.4 is 31.6 Å². The number of aromatic nitrogens is 7. The van der Waals surface area contributed by atoms with Crippen LogP contribution in [-0.4, -0.2) is 120 Å². The lowest BCUT2D eigenvalue weighted by atomic mass is 10.1. The Morgan fingerprint density at radius 2 is 1.51 bits per heavy atom. The fourth-order valence-corrected chi connectivity index (χ4v) is 8.66. The van der Waals surface area contributed by atoms with Crippen LogP contribution in [0.15, 0.2) is 42.5 Å². The van der Waals surface area contributed by atoms with E-state index in [1.807, 2.05) is 49.0 Å². The van der Waals surface area contributed by atoms with Crippen LogP contribution in [0, 0.1) is 13.8 Å². The summed E-state index contributed by atoms with van der Waals surface area (Å²) in [5, 5.41) is 22.8. The van der Waals surface area contributed by atoms with Crippen molar-refractivity contribution < 1.29 is 29.0 Å². The van der Waals surface area contributed by atoms with Gasteiger partial charge >= 0.3 is 0 Å². The Hall–Kier alpha value is -6.35. The highest BCUT2D eigenvalue weighted by atomic mass is 32.1. The van der Waals surface area contributed by atoms with E-state index < -0.39 is 18.0 Å². The van der Waals surface area contributed by atoms with Gasteiger partial charge in [-0.1, -0.05) is 19.1 Å². The van der Waals surface area contributed by atoms with Crippen molar-refractivity contribution in [2.75, 3.05) is 64.1 Å². The number of amides is 3. The van der Waals surface area contributed by atoms with Gasteiger partial charge in [0.2, 0.25) is 23.7 Å². The number of hydrogen-bond donors (Lipinski definition) is 5. The topological polar surface area (TPSA) is 239 Å². The molecule has 5 heterocycles. The lowest BCUT2D eigenvalue weighted by Gasteiger charge is -2.32. The number of benzene rings is 2. The summed E-state index contributed by atoms with van der Waals surface area (Å²) in [6, 6.07) is 8.14. The summed E-state index contributed by atoms with van der Waals surface area (Å²) in [6.07, 6.45) is 3.94. The van der Waals surface area contributed by atoms with Gasteiger partial charge in [-0.3, -0.25) is 24.4 Å². The van der Waals surface area contributed by atoms with Gasteiger partial charge in [-0.05, 0) is 71.0 Å². The first-order valence-corrected chi connectivity index (χ1v) is 21.8. The monoisotopic (exact) mass is 881 g/mol. The maximum atomic E-state index is 13.9. The predicted molar refractivity (Wildman–Crippen MR) is 242 cm³/mol. The standard InChI is InChI=1S/C43H55N13O6S/c1-7-29-37(63-26(4)46-29)41(60)50-43-48-31-22-28(39(45)58)24-34(62-19-11-12-53-17-15-52(5)16-18-53)36(31)55(43)14-10-9-13-54-35-30(21-27(38(44)57)23-33(35)61-6)47-42(54)49-40(59)32-20-25(3)51-56(32)8-2/h9-10,20-24,40,59H,7-8,11-19H2,1-6H3,(H2,44,57)(H2,45,58)(H,47,49)(H,48,50,60)/b10-9+. The quantitative estimate of drug-likeness (QED) is 0.0439. The molecule has 334 valence electrons. The van der Waals surface area contributed by atoms with Crippen LogP contribution in [0.25, 0.3) is 22.1 Å². The van der Waals surface area contributed by atoms with Gasteiger partial charge in [-0.15, -0.1) is 11.3 Å². The number of rotatable bonds is 19. The highest BCUT2D eigenvalue weighted by Gasteiger charge is 2.24. The fourth-order valence-electron chi connectivity index (χ4n) is 7.75. The fraction of sp³-hybridized carbons (Fsp3) is 0.419. The number of aryl methyl sites for hydroxylation is 4. The summed E-state index contributed by atoms with van der Waals surface area (Å²) in [7, 11) is 3.61. The van der Waals surface area contributed by atoms with E-state index in [2.05, 4.69) is 37.6 Å². The Bertz CT molecular complexity index is 2670. The predicted octanol–water partition coefficient (Wildman–Crippen LogP) is 4.07. The lowest BCUT2D eigenvalue weighted by Crippen LogP contribution is -2.44. The van der Waals surface area contributed by atoms with E-state index in [0.29, 0.717) is 75.4 Å². The third-order valence-electron chi connectivity index (χ3n) is 11.0. The minimum Gasteiger partial charge on any atom is -0.494 e. The molecule has 1 unspecified atom stereocenters. The molecule has 20 heteroatoms. The largest absolute Gasteiger partial charge is 0.494 e. The first-order valence-electron chi connectivity index (χ1n) is 21.0. The molecule has 7 rings (SSSR count). The molecule has 1 fully saturated rings. The maximum Gasteiger partial charge on any atom is 0.269 e. The molecule has 1 aliphatic heterocycles. The number of imidazole rings is 2. The number of fused-ring (bicyclic) bond motifs is 2. The van der Waals surface area contributed by atoms with Crippen LogP contribution in [0.4, 0.5) is 11.9 Å². The third-order valence-corrected chi connectivity index (χ3v) is 12.0. The normalized spacial score (nSPS) is 14.2. The number of thiazole rings is 1. The summed E-state index contributed by atoms with van der Waals surface area (Å²) >= 11 is 1.31. The molecule has 0 bridgehead atoms. The number of methoxy groups -OCH3 is 1. The second-order valence-electron chi connectivity index (χ2n) is 15.4. The number of likely N-dealkylation sites (N-methyl/N-ethyl adjacent to an activating group) is 1. The Kier molecular flexibility index (Phi) is 13.7. The van der Waals surface area contributed by atoms with E-state index in [9.17, 15) is 19.5 Å². The van der Waals surface area contributed by atoms with Crippen molar-refractivity contribution in [3.63, 3.8) is 0 Å². The van der Waals surface area contributed by atoms with E-state index >= 15 is 0 Å². The van der Waals surface area contributed by atoms with Crippen molar-refractivity contribution in [1.82, 2.24) is 43.7 Å². The van der Waals surface area contributed by atoms with Crippen LogP contribution in [0.2, 0.25) is 0 Å². The molecule has 0 radical (unpaired) electrons. The van der Waals surface area contributed by atoms with Gasteiger partial charge in [0.05, 0.1) is 46.8 Å². The molecule has 4 aromatic heterocycles. The number of ether oxygens (including phenoxy) is 2. The third kappa shape index (κ3) is 9.83. The van der Waals surface area contributed by atoms with Crippen LogP contribution in [0.1, 0.15) is 79.0 Å². The van der Waals surface area contributed by atoms with Crippen LogP contribution in [0.3, 0.4) is 0 Å². The van der Waals surface area contributed by atoms with Crippen molar-refractivity contribution in [3.8, 4) is 11.5 Å². The number of anilines is 2. The average molecular weight is 882 g/mol. The van der Waals surface area contributed by atoms with E-state index in [0.717, 1.165) is 49.8 Å². The van der Waals surface area contributed by atoms with E-state index in [-0.39, 0.29) is 36.1 Å². The highest BCUT2D eigenvalue weighted by molar-refractivity contribution is 7.13. The number of aliphatic hydroxyl groups excluding tert-OH is 1. The van der Waals surface area contributed by atoms with Gasteiger partial charge in [0.15, 0.2) is 6.23 Å². The average Bonchev–Trinajstić information content (AvgIpc) is 4.03. The Balaban J connectivity index is 1.24. The number of nitrogens with one attached hydrogen (secondary N) is 2. The molecular formula is C43H55N13O6S. The van der Waals surface area contributed by atoms with Gasteiger partial charge in [-0.25, -0.2) is 15.0 Å². The van der Waals surface area contributed by atoms with E-state index in [1.54, 1.807) is 35.0 Å². The molecule has 1 atom stereocenters. The zero-order valence-electron chi connectivity index (χ0n) is 36.5. The van der Waals surface area contributed by atoms with Crippen molar-refractivity contribution in [2.45, 2.75) is 66.4 Å². The number of aliphatic hydroxyl groups is 1. The Morgan fingerprint density at radius 1 is 0.889 bits per heavy atom. The summed E-state index contributed by atoms with van der Waals surface area (Å²) in [4.78, 5) is 58.1. The van der Waals surface area contributed by atoms with Crippen molar-refractivity contribution in [2.24, 2.45) is 11.5 Å². The number of nitrogens with zero attached hydrogens (tertiary/aromatic N) is 9. The first-order chi connectivity index (χ1) is 30.3. The molecule has 0 saturated carbocycles. The minimum absolute atomic E-state index is 0.206. The molecule has 63 heavy (non-hydrogen) atoms. The van der Waals surface area contributed by atoms with Crippen LogP contribution in [-0.2, 0) is 26.1 Å². The number of primary amides is 2. The Morgan fingerprint density at radius 3 is 2.13 bits per heavy atom. The van der Waals surface area contributed by atoms with Gasteiger partial charge in [0.1, 0.15) is 27.4 Å². The summed E-state index contributed by atoms with van der Waals surface area (Å²) in [5.74, 6) is -0.350. The number of nitrogens with two attached hydrogens (primary N) is 2. The number of hydrogen-bond acceptors (Lipinski definition) is 14. The van der Waals surface area contributed by atoms with Gasteiger partial charge in [0.25, 0.3) is 5.91 Å². The van der Waals surface area contributed by atoms with Crippen molar-refractivity contribution in [1.29, 1.82) is 0 Å². The molecule has 0 spiro atoms. The van der Waals surface area contributed by atoms with E-state index in [4.69, 9.17) is 30.9 Å². The molecule has 7 N–H and O–H groups in total. The number of allylic oxidation sites excluding steroid dienone is 2. The smallest absolute Gasteiger partial charge is 0.269 e. The summed E-state index contributed by atoms with van der Waals surface area (Å²) in [6.45, 7) is 13.8. The highest BCUT2D eigenvalue weighted by Crippen LogP contribution is 2.34. The molecule has 2 aromatic carbocycles. The SMILES string of the molecule is CCc1nc(C)sc1C(=O)Nc1nc2cc(C(N)=O)cc(OCCCN3CCN(C)CC3)c2n1C/C=C/Cn1c(NC(O)c2cc(C)nn2CC)nc2cc(C(N)=O)cc(OC)c21. The number of carbonyl (C=O) groups is 3. The number of piperazine rings is 1. The molecule has 1 aliphatic rings. The van der Waals surface area contributed by atoms with Gasteiger partial charge in [-0.2, -0.15) is 5.10 Å². The second-order valence-corrected chi connectivity index (χ2v) is 16.6. The number of carbonyl (C=O) groups excluding carboxylic acids is 3. The first kappa shape index (κ1) is 44.7. The van der Waals surface area contributed by atoms with Crippen molar-refractivity contribution >= 4 is 63.0 Å². The van der Waals surface area contributed by atoms with Crippen LogP contribution in [0.5, 0.6) is 11.5 Å². The molecule has 0 aliphatic carbocycles. The summed E-state index contributed by atoms with van der Waals surface area (Å²) < 4.78 is 17.5. The van der Waals surface area contributed by atoms with Crippen LogP contribution >= 0.6 is 11.3 Å². The molecule has 3 amide bonds. The Labute approximate surface area is 368 Å².